The molecule has 0 unspecified atom stereocenters. The highest BCUT2D eigenvalue weighted by Crippen LogP contribution is 2.23. The lowest BCUT2D eigenvalue weighted by Gasteiger charge is -2.33. The summed E-state index contributed by atoms with van der Waals surface area (Å²) in [5, 5.41) is 12.5. The summed E-state index contributed by atoms with van der Waals surface area (Å²) in [5.41, 5.74) is 3.46. The van der Waals surface area contributed by atoms with Crippen molar-refractivity contribution in [1.29, 1.82) is 0 Å². The molecule has 2 heterocycles. The van der Waals surface area contributed by atoms with E-state index in [1.54, 1.807) is 6.33 Å². The minimum atomic E-state index is 0.320. The number of rotatable bonds is 5. The molecule has 0 saturated carbocycles. The average Bonchev–Trinajstić information content (AvgIpc) is 2.61. The van der Waals surface area contributed by atoms with Crippen LogP contribution in [0.1, 0.15) is 24.1 Å². The molecule has 122 valence electrons. The number of piperidine rings is 1. The Bertz CT molecular complexity index is 621. The Labute approximate surface area is 137 Å². The zero-order valence-corrected chi connectivity index (χ0v) is 13.6. The van der Waals surface area contributed by atoms with Crippen molar-refractivity contribution in [1.82, 2.24) is 9.97 Å². The van der Waals surface area contributed by atoms with Gasteiger partial charge < -0.3 is 15.3 Å². The first kappa shape index (κ1) is 15.7. The molecule has 1 aromatic carbocycles. The highest BCUT2D eigenvalue weighted by Gasteiger charge is 2.18. The fourth-order valence-corrected chi connectivity index (χ4v) is 2.94. The summed E-state index contributed by atoms with van der Waals surface area (Å²) in [6.07, 6.45) is 3.73. The number of nitrogens with one attached hydrogen (secondary N) is 1. The van der Waals surface area contributed by atoms with E-state index >= 15 is 0 Å². The van der Waals surface area contributed by atoms with E-state index in [4.69, 9.17) is 0 Å². The number of hydrogen-bond acceptors (Lipinski definition) is 5. The van der Waals surface area contributed by atoms with Gasteiger partial charge in [0.15, 0.2) is 0 Å². The first-order chi connectivity index (χ1) is 11.2. The number of nitrogens with zero attached hydrogens (tertiary/aromatic N) is 3. The molecule has 1 aliphatic rings. The standard InChI is InChI=1S/C18H24N4O/c1-14-10-18(21-13-20-14)19-11-15-2-4-17(5-3-15)22-8-6-16(12-23)7-9-22/h2-5,10,13,16,23H,6-9,11-12H2,1H3,(H,19,20,21). The molecule has 5 heteroatoms. The zero-order chi connectivity index (χ0) is 16.1. The molecule has 5 nitrogen and oxygen atoms in total. The molecule has 0 atom stereocenters. The molecule has 1 saturated heterocycles. The quantitative estimate of drug-likeness (QED) is 0.888. The maximum atomic E-state index is 9.22. The van der Waals surface area contributed by atoms with E-state index in [-0.39, 0.29) is 0 Å². The second-order valence-corrected chi connectivity index (χ2v) is 6.18. The molecule has 0 spiro atoms. The lowest BCUT2D eigenvalue weighted by molar-refractivity contribution is 0.203. The smallest absolute Gasteiger partial charge is 0.129 e. The van der Waals surface area contributed by atoms with Crippen LogP contribution < -0.4 is 10.2 Å². The molecule has 1 fully saturated rings. The summed E-state index contributed by atoms with van der Waals surface area (Å²) in [7, 11) is 0. The lowest BCUT2D eigenvalue weighted by Crippen LogP contribution is -2.34. The van der Waals surface area contributed by atoms with Gasteiger partial charge >= 0.3 is 0 Å². The highest BCUT2D eigenvalue weighted by atomic mass is 16.3. The maximum Gasteiger partial charge on any atom is 0.129 e. The van der Waals surface area contributed by atoms with Gasteiger partial charge in [-0.25, -0.2) is 9.97 Å². The molecule has 0 radical (unpaired) electrons. The van der Waals surface area contributed by atoms with Crippen LogP contribution in [0.4, 0.5) is 11.5 Å². The summed E-state index contributed by atoms with van der Waals surface area (Å²) in [6.45, 7) is 5.10. The fraction of sp³-hybridized carbons (Fsp3) is 0.444. The van der Waals surface area contributed by atoms with Crippen molar-refractivity contribution in [2.75, 3.05) is 29.9 Å². The van der Waals surface area contributed by atoms with Crippen LogP contribution in [0.15, 0.2) is 36.7 Å². The van der Waals surface area contributed by atoms with E-state index in [2.05, 4.69) is 44.5 Å². The van der Waals surface area contributed by atoms with Gasteiger partial charge in [-0.15, -0.1) is 0 Å². The van der Waals surface area contributed by atoms with Crippen LogP contribution in [-0.2, 0) is 6.54 Å². The SMILES string of the molecule is Cc1cc(NCc2ccc(N3CCC(CO)CC3)cc2)ncn1. The molecule has 2 N–H and O–H groups in total. The predicted molar refractivity (Wildman–Crippen MR) is 92.6 cm³/mol. The Balaban J connectivity index is 1.55. The molecule has 0 aliphatic carbocycles. The molecule has 0 bridgehead atoms. The third-order valence-corrected chi connectivity index (χ3v) is 4.45. The number of anilines is 2. The van der Waals surface area contributed by atoms with Crippen molar-refractivity contribution in [2.24, 2.45) is 5.92 Å². The number of aliphatic hydroxyl groups is 1. The summed E-state index contributed by atoms with van der Waals surface area (Å²) < 4.78 is 0. The number of aromatic nitrogens is 2. The number of benzene rings is 1. The number of hydrogen-bond donors (Lipinski definition) is 2. The average molecular weight is 312 g/mol. The number of aryl methyl sites for hydroxylation is 1. The van der Waals surface area contributed by atoms with E-state index in [1.807, 2.05) is 13.0 Å². The van der Waals surface area contributed by atoms with Gasteiger partial charge in [0.2, 0.25) is 0 Å². The molecule has 0 amide bonds. The summed E-state index contributed by atoms with van der Waals surface area (Å²) >= 11 is 0. The molecule has 1 aliphatic heterocycles. The van der Waals surface area contributed by atoms with Crippen molar-refractivity contribution in [2.45, 2.75) is 26.3 Å². The van der Waals surface area contributed by atoms with Gasteiger partial charge in [0.05, 0.1) is 0 Å². The topological polar surface area (TPSA) is 61.3 Å². The Morgan fingerprint density at radius 3 is 2.57 bits per heavy atom. The fourth-order valence-electron chi connectivity index (χ4n) is 2.94. The van der Waals surface area contributed by atoms with Crippen LogP contribution in [0.2, 0.25) is 0 Å². The second kappa shape index (κ2) is 7.42. The van der Waals surface area contributed by atoms with E-state index in [9.17, 15) is 5.11 Å². The zero-order valence-electron chi connectivity index (χ0n) is 13.6. The lowest BCUT2D eigenvalue weighted by atomic mass is 9.97. The van der Waals surface area contributed by atoms with Gasteiger partial charge in [0.25, 0.3) is 0 Å². The largest absolute Gasteiger partial charge is 0.396 e. The van der Waals surface area contributed by atoms with Crippen LogP contribution in [0.5, 0.6) is 0 Å². The van der Waals surface area contributed by atoms with Crippen LogP contribution in [0.25, 0.3) is 0 Å². The van der Waals surface area contributed by atoms with Gasteiger partial charge in [-0.3, -0.25) is 0 Å². The minimum absolute atomic E-state index is 0.320. The Kier molecular flexibility index (Phi) is 5.08. The highest BCUT2D eigenvalue weighted by molar-refractivity contribution is 5.48. The van der Waals surface area contributed by atoms with E-state index in [0.29, 0.717) is 12.5 Å². The third-order valence-electron chi connectivity index (χ3n) is 4.45. The summed E-state index contributed by atoms with van der Waals surface area (Å²) in [6, 6.07) is 10.6. The summed E-state index contributed by atoms with van der Waals surface area (Å²) in [4.78, 5) is 10.7. The van der Waals surface area contributed by atoms with Gasteiger partial charge in [0, 0.05) is 43.7 Å². The Morgan fingerprint density at radius 2 is 1.91 bits per heavy atom. The monoisotopic (exact) mass is 312 g/mol. The van der Waals surface area contributed by atoms with Crippen molar-refractivity contribution in [3.63, 3.8) is 0 Å². The van der Waals surface area contributed by atoms with Gasteiger partial charge in [-0.1, -0.05) is 12.1 Å². The maximum absolute atomic E-state index is 9.22. The van der Waals surface area contributed by atoms with Gasteiger partial charge in [0.1, 0.15) is 12.1 Å². The third kappa shape index (κ3) is 4.20. The van der Waals surface area contributed by atoms with E-state index in [0.717, 1.165) is 44.0 Å². The van der Waals surface area contributed by atoms with Crippen molar-refractivity contribution >= 4 is 11.5 Å². The predicted octanol–water partition coefficient (Wildman–Crippen LogP) is 2.61. The minimum Gasteiger partial charge on any atom is -0.396 e. The van der Waals surface area contributed by atoms with Crippen molar-refractivity contribution in [3.05, 3.63) is 47.9 Å². The Morgan fingerprint density at radius 1 is 1.17 bits per heavy atom. The van der Waals surface area contributed by atoms with Crippen LogP contribution in [0.3, 0.4) is 0 Å². The molecular weight excluding hydrogens is 288 g/mol. The van der Waals surface area contributed by atoms with E-state index in [1.165, 1.54) is 11.3 Å². The first-order valence-corrected chi connectivity index (χ1v) is 8.22. The van der Waals surface area contributed by atoms with Crippen molar-refractivity contribution in [3.8, 4) is 0 Å². The molecule has 3 rings (SSSR count). The van der Waals surface area contributed by atoms with Crippen molar-refractivity contribution < 1.29 is 5.11 Å². The Hall–Kier alpha value is -2.14. The first-order valence-electron chi connectivity index (χ1n) is 8.22. The molecular formula is C18H24N4O. The molecule has 23 heavy (non-hydrogen) atoms. The van der Waals surface area contributed by atoms with Crippen LogP contribution in [0, 0.1) is 12.8 Å². The number of aliphatic hydroxyl groups excluding tert-OH is 1. The van der Waals surface area contributed by atoms with Gasteiger partial charge in [-0.2, -0.15) is 0 Å². The second-order valence-electron chi connectivity index (χ2n) is 6.18. The molecule has 2 aromatic rings. The van der Waals surface area contributed by atoms with Crippen LogP contribution >= 0.6 is 0 Å². The van der Waals surface area contributed by atoms with E-state index < -0.39 is 0 Å². The molecule has 1 aromatic heterocycles. The van der Waals surface area contributed by atoms with Gasteiger partial charge in [-0.05, 0) is 43.4 Å². The van der Waals surface area contributed by atoms with Crippen LogP contribution in [-0.4, -0.2) is 34.8 Å². The normalized spacial score (nSPS) is 15.7. The summed E-state index contributed by atoms with van der Waals surface area (Å²) in [5.74, 6) is 1.33.